The summed E-state index contributed by atoms with van der Waals surface area (Å²) in [6.45, 7) is 0.891. The molecule has 0 spiro atoms. The summed E-state index contributed by atoms with van der Waals surface area (Å²) >= 11 is 0. The van der Waals surface area contributed by atoms with Crippen LogP contribution in [0.3, 0.4) is 0 Å². The Morgan fingerprint density at radius 3 is 2.58 bits per heavy atom. The molecule has 8 nitrogen and oxygen atoms in total. The molecule has 1 aliphatic heterocycles. The fourth-order valence-corrected chi connectivity index (χ4v) is 4.44. The molecule has 0 radical (unpaired) electrons. The van der Waals surface area contributed by atoms with Gasteiger partial charge < -0.3 is 14.2 Å². The molecule has 0 saturated carbocycles. The number of nitrogens with zero attached hydrogens (tertiary/aromatic N) is 3. The number of amides is 1. The fourth-order valence-electron chi connectivity index (χ4n) is 4.44. The molecule has 166 valence electrons. The number of rotatable bonds is 5. The van der Waals surface area contributed by atoms with Crippen molar-refractivity contribution < 1.29 is 14.1 Å². The Morgan fingerprint density at radius 1 is 1.03 bits per heavy atom. The third kappa shape index (κ3) is 3.35. The second-order valence-electron chi connectivity index (χ2n) is 8.39. The summed E-state index contributed by atoms with van der Waals surface area (Å²) in [5, 5.41) is 13.4. The second-order valence-corrected chi connectivity index (χ2v) is 8.39. The van der Waals surface area contributed by atoms with Gasteiger partial charge in [0, 0.05) is 30.6 Å². The van der Waals surface area contributed by atoms with Gasteiger partial charge in [0.15, 0.2) is 5.43 Å². The van der Waals surface area contributed by atoms with E-state index in [1.165, 1.54) is 12.1 Å². The lowest BCUT2D eigenvalue weighted by Crippen LogP contribution is -2.35. The van der Waals surface area contributed by atoms with Gasteiger partial charge >= 0.3 is 0 Å². The molecule has 33 heavy (non-hydrogen) atoms. The predicted octanol–water partition coefficient (Wildman–Crippen LogP) is 3.96. The molecule has 0 unspecified atom stereocenters. The van der Waals surface area contributed by atoms with Crippen LogP contribution in [-0.2, 0) is 0 Å². The third-order valence-electron chi connectivity index (χ3n) is 6.04. The zero-order chi connectivity index (χ0) is 23.3. The number of likely N-dealkylation sites (N-methyl/N-ethyl adjacent to an activating group) is 1. The van der Waals surface area contributed by atoms with E-state index in [2.05, 4.69) is 0 Å². The highest BCUT2D eigenvalue weighted by Gasteiger charge is 2.43. The van der Waals surface area contributed by atoms with Crippen LogP contribution in [0.2, 0.25) is 0 Å². The number of nitro benzene ring substituents is 1. The van der Waals surface area contributed by atoms with Gasteiger partial charge in [0.05, 0.1) is 21.9 Å². The van der Waals surface area contributed by atoms with E-state index >= 15 is 0 Å². The predicted molar refractivity (Wildman–Crippen MR) is 125 cm³/mol. The number of fused-ring (bicyclic) bond motifs is 4. The van der Waals surface area contributed by atoms with Gasteiger partial charge in [0.25, 0.3) is 11.6 Å². The first-order valence-corrected chi connectivity index (χ1v) is 10.6. The lowest BCUT2D eigenvalue weighted by molar-refractivity contribution is -0.384. The molecule has 0 N–H and O–H groups in total. The number of carbonyl (C=O) groups excluding carboxylic acids is 1. The van der Waals surface area contributed by atoms with E-state index in [0.717, 1.165) is 10.8 Å². The summed E-state index contributed by atoms with van der Waals surface area (Å²) in [6, 6.07) is 16.4. The molecule has 1 aliphatic rings. The van der Waals surface area contributed by atoms with Crippen molar-refractivity contribution in [2.75, 3.05) is 27.2 Å². The van der Waals surface area contributed by atoms with Crippen LogP contribution in [0.15, 0.2) is 69.9 Å². The number of nitro groups is 1. The normalized spacial score (nSPS) is 15.5. The molecule has 1 aromatic heterocycles. The topological polar surface area (TPSA) is 96.9 Å². The summed E-state index contributed by atoms with van der Waals surface area (Å²) in [6.07, 6.45) is 0. The highest BCUT2D eigenvalue weighted by Crippen LogP contribution is 2.39. The van der Waals surface area contributed by atoms with E-state index in [-0.39, 0.29) is 22.4 Å². The Labute approximate surface area is 188 Å². The first-order chi connectivity index (χ1) is 15.9. The zero-order valence-corrected chi connectivity index (χ0v) is 18.1. The fraction of sp³-hybridized carbons (Fsp3) is 0.200. The average molecular weight is 443 g/mol. The molecule has 3 aromatic carbocycles. The number of hydrogen-bond acceptors (Lipinski definition) is 6. The first kappa shape index (κ1) is 20.8. The van der Waals surface area contributed by atoms with Crippen LogP contribution in [0.25, 0.3) is 21.7 Å². The third-order valence-corrected chi connectivity index (χ3v) is 6.04. The monoisotopic (exact) mass is 443 g/mol. The molecule has 4 aromatic rings. The quantitative estimate of drug-likeness (QED) is 0.263. The van der Waals surface area contributed by atoms with Crippen molar-refractivity contribution in [3.8, 4) is 0 Å². The standard InChI is InChI=1S/C25H21N3O5/c1-26(2)12-13-27-21(16-7-5-8-17(14-16)28(31)32)20-22(29)19-11-10-15-6-3-4-9-18(15)23(19)33-24(20)25(27)30/h3-11,14,21H,12-13H2,1-2H3/t21-/m0/s1. The molecule has 2 heterocycles. The number of non-ortho nitro benzene ring substituents is 1. The Bertz CT molecular complexity index is 1490. The number of hydrogen-bond donors (Lipinski definition) is 0. The Hall–Kier alpha value is -4.04. The van der Waals surface area contributed by atoms with Gasteiger partial charge in [-0.2, -0.15) is 0 Å². The highest BCUT2D eigenvalue weighted by atomic mass is 16.6. The molecule has 0 bridgehead atoms. The molecule has 5 rings (SSSR count). The molecular formula is C25H21N3O5. The summed E-state index contributed by atoms with van der Waals surface area (Å²) < 4.78 is 6.14. The molecular weight excluding hydrogens is 422 g/mol. The van der Waals surface area contributed by atoms with Crippen molar-refractivity contribution in [2.24, 2.45) is 0 Å². The molecule has 1 amide bonds. The maximum atomic E-state index is 13.7. The van der Waals surface area contributed by atoms with E-state index in [1.54, 1.807) is 23.1 Å². The van der Waals surface area contributed by atoms with Gasteiger partial charge in [-0.15, -0.1) is 0 Å². The SMILES string of the molecule is CN(C)CCN1C(=O)c2oc3c(ccc4ccccc43)c(=O)c2[C@@H]1c1cccc([N+](=O)[O-])c1. The summed E-state index contributed by atoms with van der Waals surface area (Å²) in [5.41, 5.74) is 0.702. The molecule has 1 atom stereocenters. The van der Waals surface area contributed by atoms with Gasteiger partial charge in [0.1, 0.15) is 5.58 Å². The van der Waals surface area contributed by atoms with Crippen molar-refractivity contribution in [2.45, 2.75) is 6.04 Å². The lowest BCUT2D eigenvalue weighted by atomic mass is 9.97. The smallest absolute Gasteiger partial charge is 0.290 e. The van der Waals surface area contributed by atoms with Gasteiger partial charge in [-0.1, -0.05) is 42.5 Å². The minimum Gasteiger partial charge on any atom is -0.450 e. The maximum absolute atomic E-state index is 13.7. The van der Waals surface area contributed by atoms with Crippen molar-refractivity contribution in [3.63, 3.8) is 0 Å². The summed E-state index contributed by atoms with van der Waals surface area (Å²) in [4.78, 5) is 41.6. The minimum atomic E-state index is -0.764. The zero-order valence-electron chi connectivity index (χ0n) is 18.1. The Kier molecular flexibility index (Phi) is 4.94. The van der Waals surface area contributed by atoms with Crippen LogP contribution in [0.1, 0.15) is 27.7 Å². The van der Waals surface area contributed by atoms with Crippen LogP contribution < -0.4 is 5.43 Å². The van der Waals surface area contributed by atoms with Crippen LogP contribution in [0, 0.1) is 10.1 Å². The van der Waals surface area contributed by atoms with Crippen molar-refractivity contribution in [3.05, 3.63) is 97.9 Å². The van der Waals surface area contributed by atoms with Crippen LogP contribution in [0.5, 0.6) is 0 Å². The summed E-state index contributed by atoms with van der Waals surface area (Å²) in [5.74, 6) is -0.394. The van der Waals surface area contributed by atoms with Crippen LogP contribution in [-0.4, -0.2) is 47.8 Å². The van der Waals surface area contributed by atoms with E-state index in [4.69, 9.17) is 4.42 Å². The molecule has 8 heteroatoms. The largest absolute Gasteiger partial charge is 0.450 e. The van der Waals surface area contributed by atoms with Gasteiger partial charge in [-0.25, -0.2) is 0 Å². The minimum absolute atomic E-state index is 0.000819. The summed E-state index contributed by atoms with van der Waals surface area (Å²) in [7, 11) is 3.78. The van der Waals surface area contributed by atoms with Crippen LogP contribution >= 0.6 is 0 Å². The van der Waals surface area contributed by atoms with Crippen molar-refractivity contribution in [1.82, 2.24) is 9.80 Å². The second kappa shape index (κ2) is 7.83. The highest BCUT2D eigenvalue weighted by molar-refractivity contribution is 6.06. The van der Waals surface area contributed by atoms with Crippen molar-refractivity contribution in [1.29, 1.82) is 0 Å². The maximum Gasteiger partial charge on any atom is 0.290 e. The lowest BCUT2D eigenvalue weighted by Gasteiger charge is -2.26. The average Bonchev–Trinajstić information content (AvgIpc) is 3.09. The molecule has 0 fully saturated rings. The first-order valence-electron chi connectivity index (χ1n) is 10.6. The number of carbonyl (C=O) groups is 1. The Balaban J connectivity index is 1.78. The number of benzene rings is 3. The molecule has 0 saturated heterocycles. The Morgan fingerprint density at radius 2 is 1.82 bits per heavy atom. The van der Waals surface area contributed by atoms with E-state index in [1.807, 2.05) is 49.3 Å². The van der Waals surface area contributed by atoms with Gasteiger partial charge in [0.2, 0.25) is 5.76 Å². The van der Waals surface area contributed by atoms with E-state index in [0.29, 0.717) is 29.6 Å². The van der Waals surface area contributed by atoms with Crippen molar-refractivity contribution >= 4 is 33.3 Å². The van der Waals surface area contributed by atoms with E-state index < -0.39 is 16.9 Å². The molecule has 0 aliphatic carbocycles. The van der Waals surface area contributed by atoms with E-state index in [9.17, 15) is 19.7 Å². The van der Waals surface area contributed by atoms with Crippen LogP contribution in [0.4, 0.5) is 5.69 Å². The van der Waals surface area contributed by atoms with Gasteiger partial charge in [-0.05, 0) is 31.1 Å². The van der Waals surface area contributed by atoms with Gasteiger partial charge in [-0.3, -0.25) is 19.7 Å².